The van der Waals surface area contributed by atoms with E-state index in [2.05, 4.69) is 4.90 Å². The van der Waals surface area contributed by atoms with Gasteiger partial charge in [-0.15, -0.1) is 0 Å². The van der Waals surface area contributed by atoms with Crippen molar-refractivity contribution in [3.63, 3.8) is 0 Å². The second-order valence-electron chi connectivity index (χ2n) is 6.73. The van der Waals surface area contributed by atoms with Crippen LogP contribution in [0.25, 0.3) is 0 Å². The number of methoxy groups -OCH3 is 1. The Morgan fingerprint density at radius 3 is 2.46 bits per heavy atom. The van der Waals surface area contributed by atoms with Crippen LogP contribution in [0.15, 0.2) is 30.3 Å². The highest BCUT2D eigenvalue weighted by molar-refractivity contribution is 5.94. The predicted molar refractivity (Wildman–Crippen MR) is 96.2 cm³/mol. The predicted octanol–water partition coefficient (Wildman–Crippen LogP) is 2.29. The van der Waals surface area contributed by atoms with Crippen molar-refractivity contribution in [2.75, 3.05) is 38.3 Å². The number of nitrogens with zero attached hydrogens (tertiary/aromatic N) is 2. The summed E-state index contributed by atoms with van der Waals surface area (Å²) in [5.41, 5.74) is 0.614. The van der Waals surface area contributed by atoms with Crippen LogP contribution in [-0.2, 0) is 9.53 Å². The minimum absolute atomic E-state index is 0.127. The van der Waals surface area contributed by atoms with Crippen molar-refractivity contribution >= 4 is 11.6 Å². The van der Waals surface area contributed by atoms with Crippen molar-refractivity contribution in [1.29, 1.82) is 0 Å². The molecule has 1 unspecified atom stereocenters. The Bertz CT molecular complexity index is 511. The molecule has 0 aliphatic carbocycles. The molecule has 24 heavy (non-hydrogen) atoms. The van der Waals surface area contributed by atoms with E-state index in [0.717, 1.165) is 31.6 Å². The summed E-state index contributed by atoms with van der Waals surface area (Å²) in [6.45, 7) is 6.63. The van der Waals surface area contributed by atoms with Gasteiger partial charge in [-0.05, 0) is 31.9 Å². The van der Waals surface area contributed by atoms with E-state index in [1.807, 2.05) is 49.1 Å². The average Bonchev–Trinajstić information content (AvgIpc) is 2.58. The van der Waals surface area contributed by atoms with E-state index in [0.29, 0.717) is 19.6 Å². The van der Waals surface area contributed by atoms with Crippen LogP contribution in [0.1, 0.15) is 33.1 Å². The van der Waals surface area contributed by atoms with E-state index in [9.17, 15) is 9.90 Å². The van der Waals surface area contributed by atoms with Crippen molar-refractivity contribution in [2.45, 2.75) is 44.8 Å². The number of para-hydroxylation sites is 1. The van der Waals surface area contributed by atoms with Gasteiger partial charge < -0.3 is 19.6 Å². The van der Waals surface area contributed by atoms with Crippen molar-refractivity contribution in [2.24, 2.45) is 0 Å². The Kier molecular flexibility index (Phi) is 6.78. The van der Waals surface area contributed by atoms with Crippen molar-refractivity contribution < 1.29 is 14.6 Å². The summed E-state index contributed by atoms with van der Waals surface area (Å²) in [4.78, 5) is 17.0. The van der Waals surface area contributed by atoms with Gasteiger partial charge in [0.25, 0.3) is 0 Å². The van der Waals surface area contributed by atoms with Crippen LogP contribution in [0.4, 0.5) is 5.69 Å². The molecule has 5 heteroatoms. The molecule has 1 aliphatic rings. The quantitative estimate of drug-likeness (QED) is 0.831. The molecule has 1 heterocycles. The number of amides is 1. The van der Waals surface area contributed by atoms with Gasteiger partial charge in [0, 0.05) is 38.9 Å². The Morgan fingerprint density at radius 2 is 1.96 bits per heavy atom. The number of carbonyl (C=O) groups is 1. The number of hydrogen-bond acceptors (Lipinski definition) is 4. The van der Waals surface area contributed by atoms with Gasteiger partial charge in [0.2, 0.25) is 5.91 Å². The monoisotopic (exact) mass is 334 g/mol. The lowest BCUT2D eigenvalue weighted by molar-refractivity contribution is -0.120. The summed E-state index contributed by atoms with van der Waals surface area (Å²) in [6.07, 6.45) is 1.82. The van der Waals surface area contributed by atoms with Gasteiger partial charge in [-0.2, -0.15) is 0 Å². The summed E-state index contributed by atoms with van der Waals surface area (Å²) in [5, 5.41) is 9.62. The molecule has 1 N–H and O–H groups in total. The third kappa shape index (κ3) is 4.35. The molecule has 0 bridgehead atoms. The van der Waals surface area contributed by atoms with Gasteiger partial charge in [0.05, 0.1) is 18.2 Å². The highest BCUT2D eigenvalue weighted by Crippen LogP contribution is 2.34. The Morgan fingerprint density at radius 1 is 1.33 bits per heavy atom. The van der Waals surface area contributed by atoms with E-state index in [1.54, 1.807) is 7.11 Å². The van der Waals surface area contributed by atoms with Crippen LogP contribution in [0.3, 0.4) is 0 Å². The van der Waals surface area contributed by atoms with E-state index < -0.39 is 0 Å². The number of aliphatic hydroxyl groups is 1. The standard InChI is InChI=1S/C19H30N2O3/c1-4-18(23)21(17-8-6-5-7-9-17)19(15-24-3)10-12-20(13-11-19)14-16(2)22/h5-9,16,22H,4,10-15H2,1-3H3. The molecule has 1 atom stereocenters. The molecule has 134 valence electrons. The topological polar surface area (TPSA) is 53.0 Å². The number of benzene rings is 1. The van der Waals surface area contributed by atoms with Crippen LogP contribution in [-0.4, -0.2) is 60.9 Å². The maximum absolute atomic E-state index is 12.8. The molecule has 0 radical (unpaired) electrons. The lowest BCUT2D eigenvalue weighted by Gasteiger charge is -2.48. The van der Waals surface area contributed by atoms with Gasteiger partial charge in [0.1, 0.15) is 0 Å². The molecule has 1 fully saturated rings. The third-order valence-corrected chi connectivity index (χ3v) is 4.76. The Hall–Kier alpha value is -1.43. The molecule has 1 saturated heterocycles. The number of β-amino-alcohol motifs (C(OH)–C–C–N with tert-alkyl or cyclic N) is 1. The summed E-state index contributed by atoms with van der Waals surface area (Å²) in [5.74, 6) is 0.127. The van der Waals surface area contributed by atoms with Crippen molar-refractivity contribution in [3.05, 3.63) is 30.3 Å². The number of carbonyl (C=O) groups excluding carboxylic acids is 1. The molecule has 0 saturated carbocycles. The van der Waals surface area contributed by atoms with Gasteiger partial charge in [-0.3, -0.25) is 4.79 Å². The molecule has 1 amide bonds. The molecular formula is C19H30N2O3. The molecule has 0 spiro atoms. The van der Waals surface area contributed by atoms with Crippen LogP contribution in [0.5, 0.6) is 0 Å². The number of piperidine rings is 1. The van der Waals surface area contributed by atoms with Crippen LogP contribution < -0.4 is 4.90 Å². The zero-order chi connectivity index (χ0) is 17.6. The highest BCUT2D eigenvalue weighted by atomic mass is 16.5. The largest absolute Gasteiger partial charge is 0.392 e. The van der Waals surface area contributed by atoms with Gasteiger partial charge in [-0.1, -0.05) is 25.1 Å². The number of aliphatic hydroxyl groups excluding tert-OH is 1. The number of hydrogen-bond donors (Lipinski definition) is 1. The number of rotatable bonds is 7. The van der Waals surface area contributed by atoms with Gasteiger partial charge in [0.15, 0.2) is 0 Å². The van der Waals surface area contributed by atoms with Crippen LogP contribution in [0, 0.1) is 0 Å². The lowest BCUT2D eigenvalue weighted by Crippen LogP contribution is -2.60. The minimum Gasteiger partial charge on any atom is -0.392 e. The fraction of sp³-hybridized carbons (Fsp3) is 0.632. The molecule has 1 aromatic carbocycles. The second-order valence-corrected chi connectivity index (χ2v) is 6.73. The normalized spacial score (nSPS) is 19.0. The second kappa shape index (κ2) is 8.60. The lowest BCUT2D eigenvalue weighted by atomic mass is 9.85. The van der Waals surface area contributed by atoms with E-state index in [4.69, 9.17) is 4.74 Å². The number of ether oxygens (including phenoxy) is 1. The van der Waals surface area contributed by atoms with E-state index >= 15 is 0 Å². The molecule has 2 rings (SSSR count). The van der Waals surface area contributed by atoms with Gasteiger partial charge >= 0.3 is 0 Å². The maximum Gasteiger partial charge on any atom is 0.227 e. The summed E-state index contributed by atoms with van der Waals surface area (Å²) in [7, 11) is 1.70. The summed E-state index contributed by atoms with van der Waals surface area (Å²) < 4.78 is 5.54. The minimum atomic E-state index is -0.331. The fourth-order valence-electron chi connectivity index (χ4n) is 3.64. The first-order chi connectivity index (χ1) is 11.5. The van der Waals surface area contributed by atoms with Crippen molar-refractivity contribution in [1.82, 2.24) is 4.90 Å². The first kappa shape index (κ1) is 18.9. The van der Waals surface area contributed by atoms with Crippen molar-refractivity contribution in [3.8, 4) is 0 Å². The SMILES string of the molecule is CCC(=O)N(c1ccccc1)C1(COC)CCN(CC(C)O)CC1. The van der Waals surface area contributed by atoms with Gasteiger partial charge in [-0.25, -0.2) is 0 Å². The number of likely N-dealkylation sites (tertiary alicyclic amines) is 1. The smallest absolute Gasteiger partial charge is 0.227 e. The highest BCUT2D eigenvalue weighted by Gasteiger charge is 2.42. The first-order valence-corrected chi connectivity index (χ1v) is 8.80. The molecule has 0 aromatic heterocycles. The average molecular weight is 334 g/mol. The molecule has 1 aliphatic heterocycles. The van der Waals surface area contributed by atoms with Crippen LogP contribution >= 0.6 is 0 Å². The van der Waals surface area contributed by atoms with E-state index in [1.165, 1.54) is 0 Å². The Labute approximate surface area is 145 Å². The molecule has 1 aromatic rings. The zero-order valence-electron chi connectivity index (χ0n) is 15.1. The third-order valence-electron chi connectivity index (χ3n) is 4.76. The summed E-state index contributed by atoms with van der Waals surface area (Å²) in [6, 6.07) is 9.88. The number of anilines is 1. The molecular weight excluding hydrogens is 304 g/mol. The van der Waals surface area contributed by atoms with Crippen LogP contribution in [0.2, 0.25) is 0 Å². The first-order valence-electron chi connectivity index (χ1n) is 8.80. The van der Waals surface area contributed by atoms with E-state index in [-0.39, 0.29) is 17.6 Å². The fourth-order valence-corrected chi connectivity index (χ4v) is 3.64. The molecule has 5 nitrogen and oxygen atoms in total. The zero-order valence-corrected chi connectivity index (χ0v) is 15.1. The maximum atomic E-state index is 12.8. The summed E-state index contributed by atoms with van der Waals surface area (Å²) >= 11 is 0. The Balaban J connectivity index is 2.27.